The number of piperidine rings is 1. The summed E-state index contributed by atoms with van der Waals surface area (Å²) in [4.78, 5) is 33.3. The van der Waals surface area contributed by atoms with E-state index in [0.717, 1.165) is 31.9 Å². The first-order chi connectivity index (χ1) is 11.0. The highest BCUT2D eigenvalue weighted by Crippen LogP contribution is 2.23. The third kappa shape index (κ3) is 2.93. The van der Waals surface area contributed by atoms with Gasteiger partial charge in [-0.1, -0.05) is 17.7 Å². The number of aryl methyl sites for hydroxylation is 1. The molecule has 1 aliphatic rings. The highest BCUT2D eigenvalue weighted by atomic mass is 35.5. The van der Waals surface area contributed by atoms with Crippen LogP contribution in [-0.4, -0.2) is 32.2 Å². The number of H-pyrrole nitrogens is 1. The standard InChI is InChI=1S/C15H20ClN5O2/c1-10(16)6-9-21-11-12(19(2)15(23)18-13(11)22)17-14(21)20-7-4-3-5-8-20/h6H,3-5,7-9H2,1-2H3,(H,18,22,23)/b10-6-. The third-order valence-corrected chi connectivity index (χ3v) is 4.34. The molecule has 3 heterocycles. The molecule has 1 fully saturated rings. The topological polar surface area (TPSA) is 75.9 Å². The van der Waals surface area contributed by atoms with Crippen LogP contribution in [0.4, 0.5) is 5.95 Å². The first-order valence-corrected chi connectivity index (χ1v) is 8.13. The van der Waals surface area contributed by atoms with Gasteiger partial charge in [0.15, 0.2) is 11.2 Å². The lowest BCUT2D eigenvalue weighted by molar-refractivity contribution is 0.560. The average molecular weight is 338 g/mol. The van der Waals surface area contributed by atoms with Crippen LogP contribution in [0.25, 0.3) is 11.2 Å². The van der Waals surface area contributed by atoms with Gasteiger partial charge in [0, 0.05) is 31.7 Å². The summed E-state index contributed by atoms with van der Waals surface area (Å²) in [6.07, 6.45) is 5.24. The van der Waals surface area contributed by atoms with Crippen molar-refractivity contribution < 1.29 is 0 Å². The van der Waals surface area contributed by atoms with Crippen LogP contribution in [0, 0.1) is 0 Å². The molecule has 0 amide bonds. The Hall–Kier alpha value is -2.02. The molecule has 1 N–H and O–H groups in total. The van der Waals surface area contributed by atoms with Gasteiger partial charge in [-0.05, 0) is 26.2 Å². The van der Waals surface area contributed by atoms with E-state index in [-0.39, 0.29) is 0 Å². The number of anilines is 1. The second-order valence-corrected chi connectivity index (χ2v) is 6.45. The maximum Gasteiger partial charge on any atom is 0.329 e. The second-order valence-electron chi connectivity index (χ2n) is 5.85. The van der Waals surface area contributed by atoms with E-state index >= 15 is 0 Å². The summed E-state index contributed by atoms with van der Waals surface area (Å²) >= 11 is 5.95. The number of imidazole rings is 1. The molecule has 8 heteroatoms. The minimum Gasteiger partial charge on any atom is -0.342 e. The Morgan fingerprint density at radius 3 is 2.65 bits per heavy atom. The van der Waals surface area contributed by atoms with E-state index < -0.39 is 11.2 Å². The Bertz CT molecular complexity index is 866. The number of aromatic amines is 1. The molecule has 0 aromatic carbocycles. The quantitative estimate of drug-likeness (QED) is 0.922. The van der Waals surface area contributed by atoms with Crippen molar-refractivity contribution in [1.82, 2.24) is 19.1 Å². The van der Waals surface area contributed by atoms with Gasteiger partial charge in [0.2, 0.25) is 5.95 Å². The molecule has 3 rings (SSSR count). The maximum atomic E-state index is 12.3. The molecule has 2 aromatic heterocycles. The summed E-state index contributed by atoms with van der Waals surface area (Å²) in [6.45, 7) is 4.04. The zero-order valence-corrected chi connectivity index (χ0v) is 14.1. The van der Waals surface area contributed by atoms with Crippen LogP contribution in [-0.2, 0) is 13.6 Å². The number of nitrogens with one attached hydrogen (secondary N) is 1. The summed E-state index contributed by atoms with van der Waals surface area (Å²) in [5, 5.41) is 0.651. The molecule has 1 saturated heterocycles. The van der Waals surface area contributed by atoms with Gasteiger partial charge >= 0.3 is 5.69 Å². The fourth-order valence-corrected chi connectivity index (χ4v) is 3.02. The zero-order chi connectivity index (χ0) is 16.6. The molecule has 0 atom stereocenters. The smallest absolute Gasteiger partial charge is 0.329 e. The molecule has 0 bridgehead atoms. The van der Waals surface area contributed by atoms with E-state index in [9.17, 15) is 9.59 Å². The number of aromatic nitrogens is 4. The fraction of sp³-hybridized carbons (Fsp3) is 0.533. The van der Waals surface area contributed by atoms with E-state index in [0.29, 0.717) is 22.7 Å². The third-order valence-electron chi connectivity index (χ3n) is 4.18. The first-order valence-electron chi connectivity index (χ1n) is 7.76. The monoisotopic (exact) mass is 337 g/mol. The molecule has 2 aromatic rings. The molecule has 1 aliphatic heterocycles. The van der Waals surface area contributed by atoms with Gasteiger partial charge in [-0.25, -0.2) is 4.79 Å². The van der Waals surface area contributed by atoms with E-state index in [2.05, 4.69) is 14.9 Å². The van der Waals surface area contributed by atoms with Crippen molar-refractivity contribution in [3.05, 3.63) is 31.9 Å². The predicted molar refractivity (Wildman–Crippen MR) is 91.3 cm³/mol. The number of allylic oxidation sites excluding steroid dienone is 2. The number of halogens is 1. The van der Waals surface area contributed by atoms with Gasteiger partial charge in [-0.2, -0.15) is 4.98 Å². The minimum atomic E-state index is -0.457. The van der Waals surface area contributed by atoms with Crippen molar-refractivity contribution >= 4 is 28.7 Å². The first kappa shape index (κ1) is 15.9. The van der Waals surface area contributed by atoms with Gasteiger partial charge in [-0.15, -0.1) is 0 Å². The molecule has 0 radical (unpaired) electrons. The van der Waals surface area contributed by atoms with Crippen molar-refractivity contribution in [2.45, 2.75) is 32.7 Å². The van der Waals surface area contributed by atoms with E-state index in [1.807, 2.05) is 10.6 Å². The van der Waals surface area contributed by atoms with Crippen LogP contribution < -0.4 is 16.1 Å². The van der Waals surface area contributed by atoms with Crippen LogP contribution in [0.3, 0.4) is 0 Å². The SMILES string of the molecule is C/C(Cl)=C/Cn1c(N2CCCCC2)nc2c1c(=O)[nH]c(=O)n2C. The zero-order valence-electron chi connectivity index (χ0n) is 13.3. The average Bonchev–Trinajstić information content (AvgIpc) is 2.91. The summed E-state index contributed by atoms with van der Waals surface area (Å²) in [7, 11) is 1.61. The van der Waals surface area contributed by atoms with Gasteiger partial charge in [0.05, 0.1) is 0 Å². The molecule has 23 heavy (non-hydrogen) atoms. The Balaban J connectivity index is 2.24. The van der Waals surface area contributed by atoms with Crippen molar-refractivity contribution in [3.63, 3.8) is 0 Å². The number of fused-ring (bicyclic) bond motifs is 1. The van der Waals surface area contributed by atoms with Gasteiger partial charge < -0.3 is 9.47 Å². The van der Waals surface area contributed by atoms with Crippen LogP contribution in [0.1, 0.15) is 26.2 Å². The molecule has 124 valence electrons. The van der Waals surface area contributed by atoms with Crippen molar-refractivity contribution in [2.24, 2.45) is 7.05 Å². The minimum absolute atomic E-state index is 0.403. The molecule has 0 spiro atoms. The van der Waals surface area contributed by atoms with Crippen molar-refractivity contribution in [2.75, 3.05) is 18.0 Å². The molecule has 0 saturated carbocycles. The highest BCUT2D eigenvalue weighted by molar-refractivity contribution is 6.29. The lowest BCUT2D eigenvalue weighted by Crippen LogP contribution is -2.32. The Morgan fingerprint density at radius 1 is 1.30 bits per heavy atom. The Kier molecular flexibility index (Phi) is 4.30. The van der Waals surface area contributed by atoms with Crippen LogP contribution in [0.5, 0.6) is 0 Å². The number of hydrogen-bond acceptors (Lipinski definition) is 4. The second kappa shape index (κ2) is 6.23. The number of hydrogen-bond donors (Lipinski definition) is 1. The van der Waals surface area contributed by atoms with E-state index in [1.54, 1.807) is 14.0 Å². The van der Waals surface area contributed by atoms with E-state index in [4.69, 9.17) is 11.6 Å². The maximum absolute atomic E-state index is 12.3. The van der Waals surface area contributed by atoms with Crippen molar-refractivity contribution in [3.8, 4) is 0 Å². The van der Waals surface area contributed by atoms with Crippen LogP contribution in [0.2, 0.25) is 0 Å². The Labute approximate surface area is 138 Å². The normalized spacial score (nSPS) is 16.3. The van der Waals surface area contributed by atoms with Crippen LogP contribution in [0.15, 0.2) is 20.7 Å². The highest BCUT2D eigenvalue weighted by Gasteiger charge is 2.22. The predicted octanol–water partition coefficient (Wildman–Crippen LogP) is 1.56. The molecule has 0 aliphatic carbocycles. The lowest BCUT2D eigenvalue weighted by atomic mass is 10.1. The van der Waals surface area contributed by atoms with Gasteiger partial charge in [0.1, 0.15) is 0 Å². The van der Waals surface area contributed by atoms with Crippen LogP contribution >= 0.6 is 11.6 Å². The lowest BCUT2D eigenvalue weighted by Gasteiger charge is -2.27. The molecular formula is C15H20ClN5O2. The fourth-order valence-electron chi connectivity index (χ4n) is 2.95. The summed E-state index contributed by atoms with van der Waals surface area (Å²) in [6, 6.07) is 0. The summed E-state index contributed by atoms with van der Waals surface area (Å²) in [5.74, 6) is 0.723. The molecule has 7 nitrogen and oxygen atoms in total. The number of nitrogens with zero attached hydrogens (tertiary/aromatic N) is 4. The Morgan fingerprint density at radius 2 is 2.00 bits per heavy atom. The van der Waals surface area contributed by atoms with E-state index in [1.165, 1.54) is 11.0 Å². The largest absolute Gasteiger partial charge is 0.342 e. The van der Waals surface area contributed by atoms with Crippen molar-refractivity contribution in [1.29, 1.82) is 0 Å². The van der Waals surface area contributed by atoms with Gasteiger partial charge in [-0.3, -0.25) is 14.3 Å². The molecule has 0 unspecified atom stereocenters. The summed E-state index contributed by atoms with van der Waals surface area (Å²) < 4.78 is 3.21. The van der Waals surface area contributed by atoms with Gasteiger partial charge in [0.25, 0.3) is 5.56 Å². The number of rotatable bonds is 3. The molecular weight excluding hydrogens is 318 g/mol. The summed E-state index contributed by atoms with van der Waals surface area (Å²) in [5.41, 5.74) is -0.0670.